The van der Waals surface area contributed by atoms with Gasteiger partial charge in [0.1, 0.15) is 6.61 Å². The second kappa shape index (κ2) is 7.52. The Kier molecular flexibility index (Phi) is 5.49. The molecule has 0 unspecified atom stereocenters. The van der Waals surface area contributed by atoms with Gasteiger partial charge in [-0.15, -0.1) is 0 Å². The highest BCUT2D eigenvalue weighted by Gasteiger charge is 2.40. The molecular weight excluding hydrogens is 386 g/mol. The van der Waals surface area contributed by atoms with E-state index in [9.17, 15) is 13.2 Å². The number of halogens is 1. The molecule has 0 N–H and O–H groups in total. The van der Waals surface area contributed by atoms with Crippen molar-refractivity contribution < 1.29 is 17.9 Å². The fraction of sp³-hybridized carbons (Fsp3) is 0.350. The van der Waals surface area contributed by atoms with E-state index in [1.54, 1.807) is 42.5 Å². The number of aryl methyl sites for hydroxylation is 1. The summed E-state index contributed by atoms with van der Waals surface area (Å²) in [5.41, 5.74) is 2.42. The number of benzene rings is 2. The molecule has 7 heteroatoms. The smallest absolute Gasteiger partial charge is 0.302 e. The Labute approximate surface area is 165 Å². The second-order valence-corrected chi connectivity index (χ2v) is 9.19. The van der Waals surface area contributed by atoms with E-state index in [2.05, 4.69) is 0 Å². The standard InChI is InChI=1S/C20H22ClNO4S/c1-13-4-7-18(8-5-13)27(24,25)22-19-9-6-17(21)11-16(19)10-14(2)20(22)12-26-15(3)23/h4-9,11,14,20H,10,12H2,1-3H3/t14-,20+/m0/s1. The summed E-state index contributed by atoms with van der Waals surface area (Å²) in [6.07, 6.45) is 0.655. The number of hydrogen-bond donors (Lipinski definition) is 0. The van der Waals surface area contributed by atoms with Gasteiger partial charge in [0.15, 0.2) is 0 Å². The van der Waals surface area contributed by atoms with Gasteiger partial charge in [-0.3, -0.25) is 9.10 Å². The molecule has 0 aliphatic carbocycles. The first-order valence-corrected chi connectivity index (χ1v) is 10.5. The van der Waals surface area contributed by atoms with E-state index in [0.717, 1.165) is 11.1 Å². The highest BCUT2D eigenvalue weighted by Crippen LogP contribution is 2.39. The lowest BCUT2D eigenvalue weighted by Gasteiger charge is -2.41. The van der Waals surface area contributed by atoms with E-state index in [1.165, 1.54) is 11.2 Å². The van der Waals surface area contributed by atoms with Crippen molar-refractivity contribution in [2.45, 2.75) is 38.1 Å². The van der Waals surface area contributed by atoms with Crippen LogP contribution in [0.1, 0.15) is 25.0 Å². The molecule has 5 nitrogen and oxygen atoms in total. The van der Waals surface area contributed by atoms with E-state index < -0.39 is 22.0 Å². The zero-order valence-corrected chi connectivity index (χ0v) is 17.0. The molecule has 0 radical (unpaired) electrons. The molecule has 27 heavy (non-hydrogen) atoms. The first kappa shape index (κ1) is 19.7. The van der Waals surface area contributed by atoms with Crippen LogP contribution in [0.4, 0.5) is 5.69 Å². The van der Waals surface area contributed by atoms with Gasteiger partial charge in [-0.1, -0.05) is 36.2 Å². The van der Waals surface area contributed by atoms with Crippen LogP contribution in [0.5, 0.6) is 0 Å². The molecule has 0 saturated carbocycles. The summed E-state index contributed by atoms with van der Waals surface area (Å²) in [4.78, 5) is 11.5. The Morgan fingerprint density at radius 3 is 2.52 bits per heavy atom. The van der Waals surface area contributed by atoms with Crippen LogP contribution < -0.4 is 4.31 Å². The second-order valence-electron chi connectivity index (χ2n) is 6.94. The SMILES string of the molecule is CC(=O)OC[C@@H]1[C@@H](C)Cc2cc(Cl)ccc2N1S(=O)(=O)c1ccc(C)cc1. The van der Waals surface area contributed by atoms with Crippen LogP contribution in [0.15, 0.2) is 47.4 Å². The lowest BCUT2D eigenvalue weighted by Crippen LogP contribution is -2.50. The van der Waals surface area contributed by atoms with Crippen molar-refractivity contribution in [2.24, 2.45) is 5.92 Å². The Bertz CT molecular complexity index is 956. The number of hydrogen-bond acceptors (Lipinski definition) is 4. The quantitative estimate of drug-likeness (QED) is 0.719. The van der Waals surface area contributed by atoms with Gasteiger partial charge in [0, 0.05) is 11.9 Å². The van der Waals surface area contributed by atoms with Crippen molar-refractivity contribution in [1.29, 1.82) is 0 Å². The molecule has 2 aromatic rings. The minimum Gasteiger partial charge on any atom is -0.464 e. The average Bonchev–Trinajstić information content (AvgIpc) is 2.59. The third-order valence-corrected chi connectivity index (χ3v) is 6.90. The molecule has 0 aromatic heterocycles. The summed E-state index contributed by atoms with van der Waals surface area (Å²) >= 11 is 6.12. The fourth-order valence-corrected chi connectivity index (χ4v) is 5.36. The predicted molar refractivity (Wildman–Crippen MR) is 106 cm³/mol. The largest absolute Gasteiger partial charge is 0.464 e. The first-order valence-electron chi connectivity index (χ1n) is 8.73. The number of carbonyl (C=O) groups excluding carboxylic acids is 1. The van der Waals surface area contributed by atoms with E-state index in [4.69, 9.17) is 16.3 Å². The molecule has 1 aliphatic heterocycles. The maximum Gasteiger partial charge on any atom is 0.302 e. The van der Waals surface area contributed by atoms with Gasteiger partial charge in [-0.25, -0.2) is 8.42 Å². The molecular formula is C20H22ClNO4S. The summed E-state index contributed by atoms with van der Waals surface area (Å²) in [6, 6.07) is 11.4. The Balaban J connectivity index is 2.13. The van der Waals surface area contributed by atoms with Crippen LogP contribution in [-0.4, -0.2) is 27.0 Å². The molecule has 0 bridgehead atoms. The summed E-state index contributed by atoms with van der Waals surface area (Å²) in [6.45, 7) is 5.18. The zero-order valence-electron chi connectivity index (χ0n) is 15.5. The minimum absolute atomic E-state index is 0.00363. The van der Waals surface area contributed by atoms with E-state index in [0.29, 0.717) is 17.1 Å². The van der Waals surface area contributed by atoms with Gasteiger partial charge in [-0.2, -0.15) is 0 Å². The average molecular weight is 408 g/mol. The fourth-order valence-electron chi connectivity index (χ4n) is 3.39. The van der Waals surface area contributed by atoms with Crippen molar-refractivity contribution in [3.63, 3.8) is 0 Å². The van der Waals surface area contributed by atoms with Crippen LogP contribution in [0.3, 0.4) is 0 Å². The van der Waals surface area contributed by atoms with Crippen LogP contribution in [-0.2, 0) is 26.0 Å². The van der Waals surface area contributed by atoms with Crippen molar-refractivity contribution in [3.8, 4) is 0 Å². The van der Waals surface area contributed by atoms with E-state index in [-0.39, 0.29) is 17.4 Å². The monoisotopic (exact) mass is 407 g/mol. The number of ether oxygens (including phenoxy) is 1. The highest BCUT2D eigenvalue weighted by atomic mass is 35.5. The van der Waals surface area contributed by atoms with Crippen molar-refractivity contribution >= 4 is 33.3 Å². The number of rotatable bonds is 4. The number of anilines is 1. The summed E-state index contributed by atoms with van der Waals surface area (Å²) in [5.74, 6) is -0.479. The van der Waals surface area contributed by atoms with Crippen LogP contribution >= 0.6 is 11.6 Å². The molecule has 2 aromatic carbocycles. The normalized spacial score (nSPS) is 19.5. The van der Waals surface area contributed by atoms with Crippen LogP contribution in [0.2, 0.25) is 5.02 Å². The summed E-state index contributed by atoms with van der Waals surface area (Å²) < 4.78 is 33.6. The third kappa shape index (κ3) is 3.96. The lowest BCUT2D eigenvalue weighted by molar-refractivity contribution is -0.141. The lowest BCUT2D eigenvalue weighted by atomic mass is 9.89. The topological polar surface area (TPSA) is 63.7 Å². The molecule has 144 valence electrons. The number of nitrogens with zero attached hydrogens (tertiary/aromatic N) is 1. The summed E-state index contributed by atoms with van der Waals surface area (Å²) in [5, 5.41) is 0.562. The summed E-state index contributed by atoms with van der Waals surface area (Å²) in [7, 11) is -3.84. The number of fused-ring (bicyclic) bond motifs is 1. The molecule has 0 spiro atoms. The van der Waals surface area contributed by atoms with Crippen LogP contribution in [0.25, 0.3) is 0 Å². The Morgan fingerprint density at radius 1 is 1.22 bits per heavy atom. The molecule has 2 atom stereocenters. The highest BCUT2D eigenvalue weighted by molar-refractivity contribution is 7.92. The van der Waals surface area contributed by atoms with Gasteiger partial charge in [0.05, 0.1) is 16.6 Å². The van der Waals surface area contributed by atoms with Crippen molar-refractivity contribution in [2.75, 3.05) is 10.9 Å². The van der Waals surface area contributed by atoms with Gasteiger partial charge >= 0.3 is 5.97 Å². The van der Waals surface area contributed by atoms with Gasteiger partial charge in [0.25, 0.3) is 10.0 Å². The van der Waals surface area contributed by atoms with E-state index in [1.807, 2.05) is 13.8 Å². The maximum atomic E-state index is 13.5. The van der Waals surface area contributed by atoms with Gasteiger partial charge < -0.3 is 4.74 Å². The van der Waals surface area contributed by atoms with Crippen molar-refractivity contribution in [1.82, 2.24) is 0 Å². The Morgan fingerprint density at radius 2 is 1.89 bits per heavy atom. The third-order valence-electron chi connectivity index (χ3n) is 4.81. The minimum atomic E-state index is -3.84. The van der Waals surface area contributed by atoms with E-state index >= 15 is 0 Å². The molecule has 1 heterocycles. The molecule has 3 rings (SSSR count). The predicted octanol–water partition coefficient (Wildman–Crippen LogP) is 3.97. The van der Waals surface area contributed by atoms with Gasteiger partial charge in [-0.05, 0) is 55.2 Å². The maximum absolute atomic E-state index is 13.5. The number of esters is 1. The molecule has 0 amide bonds. The van der Waals surface area contributed by atoms with Crippen LogP contribution in [0, 0.1) is 12.8 Å². The molecule has 0 saturated heterocycles. The molecule has 0 fully saturated rings. The van der Waals surface area contributed by atoms with Gasteiger partial charge in [0.2, 0.25) is 0 Å². The first-order chi connectivity index (χ1) is 12.7. The Hall–Kier alpha value is -2.05. The number of sulfonamides is 1. The molecule has 1 aliphatic rings. The number of carbonyl (C=O) groups is 1. The zero-order chi connectivity index (χ0) is 19.8. The van der Waals surface area contributed by atoms with Crippen molar-refractivity contribution in [3.05, 3.63) is 58.6 Å².